The van der Waals surface area contributed by atoms with Crippen molar-refractivity contribution in [1.29, 1.82) is 0 Å². The van der Waals surface area contributed by atoms with E-state index in [1.807, 2.05) is 0 Å². The zero-order chi connectivity index (χ0) is 11.7. The van der Waals surface area contributed by atoms with Crippen LogP contribution in [0, 0.1) is 11.6 Å². The molecule has 0 saturated carbocycles. The van der Waals surface area contributed by atoms with Crippen molar-refractivity contribution >= 4 is 17.5 Å². The van der Waals surface area contributed by atoms with Crippen LogP contribution in [0.4, 0.5) is 14.5 Å². The van der Waals surface area contributed by atoms with Crippen molar-refractivity contribution in [2.45, 2.75) is 0 Å². The molecule has 1 aromatic carbocycles. The van der Waals surface area contributed by atoms with Gasteiger partial charge in [0.1, 0.15) is 6.54 Å². The fourth-order valence-electron chi connectivity index (χ4n) is 1.48. The van der Waals surface area contributed by atoms with Gasteiger partial charge in [0.25, 0.3) is 0 Å². The summed E-state index contributed by atoms with van der Waals surface area (Å²) in [5, 5.41) is 2.32. The number of nitrogens with zero attached hydrogens (tertiary/aromatic N) is 1. The number of hydrogen-bond acceptors (Lipinski definition) is 2. The number of carbonyl (C=O) groups excluding carboxylic acids is 2. The Bertz CT molecular complexity index is 462. The van der Waals surface area contributed by atoms with Gasteiger partial charge in [0, 0.05) is 0 Å². The highest BCUT2D eigenvalue weighted by Crippen LogP contribution is 2.22. The van der Waals surface area contributed by atoms with Gasteiger partial charge in [-0.2, -0.15) is 0 Å². The summed E-state index contributed by atoms with van der Waals surface area (Å²) >= 11 is 0. The molecule has 1 aromatic rings. The second-order valence-electron chi connectivity index (χ2n) is 3.33. The monoisotopic (exact) mass is 226 g/mol. The van der Waals surface area contributed by atoms with E-state index in [0.29, 0.717) is 0 Å². The predicted octanol–water partition coefficient (Wildman–Crippen LogP) is 0.428. The van der Waals surface area contributed by atoms with Gasteiger partial charge >= 0.3 is 0 Å². The maximum atomic E-state index is 13.4. The molecule has 0 bridgehead atoms. The van der Waals surface area contributed by atoms with Crippen LogP contribution in [0.1, 0.15) is 0 Å². The normalized spacial score (nSPS) is 16.2. The van der Waals surface area contributed by atoms with Gasteiger partial charge in [0.15, 0.2) is 11.6 Å². The Morgan fingerprint density at radius 3 is 2.75 bits per heavy atom. The molecule has 2 rings (SSSR count). The molecular weight excluding hydrogens is 218 g/mol. The van der Waals surface area contributed by atoms with Crippen LogP contribution in [0.3, 0.4) is 0 Å². The number of benzene rings is 1. The number of carbonyl (C=O) groups is 2. The topological polar surface area (TPSA) is 49.4 Å². The maximum Gasteiger partial charge on any atom is 0.246 e. The molecule has 1 heterocycles. The minimum Gasteiger partial charge on any atom is -0.345 e. The summed E-state index contributed by atoms with van der Waals surface area (Å²) < 4.78 is 26.3. The Morgan fingerprint density at radius 2 is 2.00 bits per heavy atom. The third-order valence-corrected chi connectivity index (χ3v) is 2.26. The van der Waals surface area contributed by atoms with E-state index < -0.39 is 23.4 Å². The molecule has 1 fully saturated rings. The summed E-state index contributed by atoms with van der Waals surface area (Å²) in [5.41, 5.74) is -0.208. The third-order valence-electron chi connectivity index (χ3n) is 2.26. The largest absolute Gasteiger partial charge is 0.345 e. The fraction of sp³-hybridized carbons (Fsp3) is 0.200. The van der Waals surface area contributed by atoms with Crippen LogP contribution in [-0.4, -0.2) is 24.9 Å². The van der Waals surface area contributed by atoms with Crippen molar-refractivity contribution in [3.8, 4) is 0 Å². The van der Waals surface area contributed by atoms with Crippen molar-refractivity contribution in [2.75, 3.05) is 18.0 Å². The van der Waals surface area contributed by atoms with E-state index >= 15 is 0 Å². The van der Waals surface area contributed by atoms with Crippen LogP contribution in [0.2, 0.25) is 0 Å². The molecule has 4 nitrogen and oxygen atoms in total. The minimum absolute atomic E-state index is 0.200. The first-order valence-corrected chi connectivity index (χ1v) is 4.60. The van der Waals surface area contributed by atoms with Crippen LogP contribution in [0.25, 0.3) is 0 Å². The van der Waals surface area contributed by atoms with Crippen molar-refractivity contribution in [1.82, 2.24) is 5.32 Å². The molecule has 0 radical (unpaired) electrons. The van der Waals surface area contributed by atoms with E-state index in [0.717, 1.165) is 11.0 Å². The molecule has 1 N–H and O–H groups in total. The summed E-state index contributed by atoms with van der Waals surface area (Å²) in [7, 11) is 0. The first kappa shape index (κ1) is 10.5. The molecule has 0 aliphatic carbocycles. The van der Waals surface area contributed by atoms with Gasteiger partial charge in [-0.3, -0.25) is 14.5 Å². The van der Waals surface area contributed by atoms with Crippen molar-refractivity contribution in [3.63, 3.8) is 0 Å². The van der Waals surface area contributed by atoms with Crippen LogP contribution in [0.15, 0.2) is 18.2 Å². The second-order valence-corrected chi connectivity index (χ2v) is 3.33. The molecule has 2 amide bonds. The lowest BCUT2D eigenvalue weighted by atomic mass is 10.2. The molecule has 0 spiro atoms. The van der Waals surface area contributed by atoms with E-state index in [1.165, 1.54) is 12.1 Å². The van der Waals surface area contributed by atoms with Crippen molar-refractivity contribution in [2.24, 2.45) is 0 Å². The van der Waals surface area contributed by atoms with E-state index in [1.54, 1.807) is 0 Å². The maximum absolute atomic E-state index is 13.4. The number of piperazine rings is 1. The highest BCUT2D eigenvalue weighted by molar-refractivity contribution is 6.04. The molecule has 0 aromatic heterocycles. The molecule has 0 unspecified atom stereocenters. The number of halogens is 2. The molecule has 6 heteroatoms. The second kappa shape index (κ2) is 3.88. The van der Waals surface area contributed by atoms with Crippen molar-refractivity contribution < 1.29 is 18.4 Å². The molecule has 0 atom stereocenters. The lowest BCUT2D eigenvalue weighted by Gasteiger charge is -2.26. The number of nitrogens with one attached hydrogen (secondary N) is 1. The Morgan fingerprint density at radius 1 is 1.25 bits per heavy atom. The molecule has 84 valence electrons. The molecule has 1 saturated heterocycles. The summed E-state index contributed by atoms with van der Waals surface area (Å²) in [6, 6.07) is 3.50. The smallest absolute Gasteiger partial charge is 0.246 e. The van der Waals surface area contributed by atoms with Gasteiger partial charge in [-0.1, -0.05) is 6.07 Å². The van der Waals surface area contributed by atoms with Crippen LogP contribution in [-0.2, 0) is 9.59 Å². The number of amides is 2. The van der Waals surface area contributed by atoms with Crippen LogP contribution < -0.4 is 10.2 Å². The fourth-order valence-corrected chi connectivity index (χ4v) is 1.48. The highest BCUT2D eigenvalue weighted by atomic mass is 19.2. The first-order chi connectivity index (χ1) is 7.59. The number of rotatable bonds is 1. The van der Waals surface area contributed by atoms with Gasteiger partial charge in [-0.05, 0) is 12.1 Å². The predicted molar refractivity (Wildman–Crippen MR) is 51.7 cm³/mol. The molecule has 1 aliphatic rings. The van der Waals surface area contributed by atoms with Gasteiger partial charge in [0.05, 0.1) is 12.2 Å². The number of hydrogen-bond donors (Lipinski definition) is 1. The average molecular weight is 226 g/mol. The van der Waals surface area contributed by atoms with Gasteiger partial charge in [-0.15, -0.1) is 0 Å². The SMILES string of the molecule is O=C1CN(c2cccc(F)c2F)C(=O)CN1. The van der Waals surface area contributed by atoms with E-state index in [-0.39, 0.29) is 18.8 Å². The van der Waals surface area contributed by atoms with E-state index in [2.05, 4.69) is 5.32 Å². The van der Waals surface area contributed by atoms with Crippen LogP contribution >= 0.6 is 0 Å². The Balaban J connectivity index is 2.39. The standard InChI is InChI=1S/C10H8F2N2O2/c11-6-2-1-3-7(10(6)12)14-5-8(15)13-4-9(14)16/h1-3H,4-5H2,(H,13,15). The highest BCUT2D eigenvalue weighted by Gasteiger charge is 2.27. The van der Waals surface area contributed by atoms with Crippen LogP contribution in [0.5, 0.6) is 0 Å². The summed E-state index contributed by atoms with van der Waals surface area (Å²) in [4.78, 5) is 23.4. The quantitative estimate of drug-likeness (QED) is 0.754. The molecule has 16 heavy (non-hydrogen) atoms. The lowest BCUT2D eigenvalue weighted by molar-refractivity contribution is -0.128. The third kappa shape index (κ3) is 1.73. The Kier molecular flexibility index (Phi) is 2.55. The minimum atomic E-state index is -1.12. The average Bonchev–Trinajstić information content (AvgIpc) is 2.26. The zero-order valence-electron chi connectivity index (χ0n) is 8.17. The summed E-state index contributed by atoms with van der Waals surface area (Å²) in [6.07, 6.45) is 0. The van der Waals surface area contributed by atoms with E-state index in [9.17, 15) is 18.4 Å². The first-order valence-electron chi connectivity index (χ1n) is 4.60. The van der Waals surface area contributed by atoms with E-state index in [4.69, 9.17) is 0 Å². The molecule has 1 aliphatic heterocycles. The molecular formula is C10H8F2N2O2. The van der Waals surface area contributed by atoms with Gasteiger partial charge < -0.3 is 5.32 Å². The zero-order valence-corrected chi connectivity index (χ0v) is 8.17. The summed E-state index contributed by atoms with van der Waals surface area (Å²) in [6.45, 7) is -0.492. The Hall–Kier alpha value is -1.98. The van der Waals surface area contributed by atoms with Crippen molar-refractivity contribution in [3.05, 3.63) is 29.8 Å². The van der Waals surface area contributed by atoms with Gasteiger partial charge in [0.2, 0.25) is 11.8 Å². The summed E-state index contributed by atoms with van der Waals surface area (Å²) in [5.74, 6) is -3.03. The van der Waals surface area contributed by atoms with Gasteiger partial charge in [-0.25, -0.2) is 8.78 Å². The Labute approximate surface area is 89.8 Å². The lowest BCUT2D eigenvalue weighted by Crippen LogP contribution is -2.52. The number of anilines is 1.